The Kier molecular flexibility index (Phi) is 5.20. The first-order valence-electron chi connectivity index (χ1n) is 9.17. The van der Waals surface area contributed by atoms with Crippen LogP contribution in [0.25, 0.3) is 16.9 Å². The number of aromatic nitrogens is 3. The molecule has 0 aliphatic rings. The van der Waals surface area contributed by atoms with Gasteiger partial charge in [-0.1, -0.05) is 29.8 Å². The molecule has 2 heterocycles. The fraction of sp³-hybridized carbons (Fsp3) is 0.0909. The molecule has 0 atom stereocenters. The summed E-state index contributed by atoms with van der Waals surface area (Å²) < 4.78 is 1.82. The summed E-state index contributed by atoms with van der Waals surface area (Å²) >= 11 is 6.04. The molecule has 8 heteroatoms. The van der Waals surface area contributed by atoms with E-state index in [0.717, 1.165) is 11.3 Å². The Morgan fingerprint density at radius 2 is 1.83 bits per heavy atom. The smallest absolute Gasteiger partial charge is 0.278 e. The minimum Gasteiger partial charge on any atom is -0.326 e. The first-order valence-corrected chi connectivity index (χ1v) is 9.55. The van der Waals surface area contributed by atoms with Crippen LogP contribution in [0.5, 0.6) is 0 Å². The SMILES string of the molecule is CC(=O)Nc1ccc(-c2cnc3cnc(C(=O)N(C)c4cccc(Cl)c4)cn23)cc1. The molecule has 0 aliphatic carbocycles. The number of carbonyl (C=O) groups excluding carboxylic acids is 2. The van der Waals surface area contributed by atoms with Gasteiger partial charge in [-0.2, -0.15) is 0 Å². The Morgan fingerprint density at radius 1 is 1.07 bits per heavy atom. The first-order chi connectivity index (χ1) is 14.4. The van der Waals surface area contributed by atoms with Gasteiger partial charge in [0.15, 0.2) is 5.65 Å². The second-order valence-corrected chi connectivity index (χ2v) is 7.18. The van der Waals surface area contributed by atoms with Gasteiger partial charge < -0.3 is 10.2 Å². The zero-order valence-corrected chi connectivity index (χ0v) is 17.1. The number of rotatable bonds is 4. The molecular formula is C22H18ClN5O2. The highest BCUT2D eigenvalue weighted by Gasteiger charge is 2.17. The third-order valence-corrected chi connectivity index (χ3v) is 4.85. The third-order valence-electron chi connectivity index (χ3n) is 4.62. The van der Waals surface area contributed by atoms with E-state index >= 15 is 0 Å². The van der Waals surface area contributed by atoms with Crippen molar-refractivity contribution in [3.05, 3.63) is 77.8 Å². The first kappa shape index (κ1) is 19.6. The van der Waals surface area contributed by atoms with Crippen LogP contribution < -0.4 is 10.2 Å². The van der Waals surface area contributed by atoms with Gasteiger partial charge in [0.1, 0.15) is 5.69 Å². The van der Waals surface area contributed by atoms with Gasteiger partial charge in [0.05, 0.1) is 18.1 Å². The van der Waals surface area contributed by atoms with E-state index in [2.05, 4.69) is 15.3 Å². The molecule has 4 aromatic rings. The summed E-state index contributed by atoms with van der Waals surface area (Å²) in [5.74, 6) is -0.393. The van der Waals surface area contributed by atoms with E-state index in [0.29, 0.717) is 22.0 Å². The molecule has 30 heavy (non-hydrogen) atoms. The van der Waals surface area contributed by atoms with E-state index in [1.54, 1.807) is 43.8 Å². The molecule has 0 fully saturated rings. The van der Waals surface area contributed by atoms with Crippen molar-refractivity contribution in [1.29, 1.82) is 0 Å². The second-order valence-electron chi connectivity index (χ2n) is 6.75. The van der Waals surface area contributed by atoms with Crippen molar-refractivity contribution in [1.82, 2.24) is 14.4 Å². The van der Waals surface area contributed by atoms with Gasteiger partial charge in [0, 0.05) is 42.1 Å². The summed E-state index contributed by atoms with van der Waals surface area (Å²) in [5, 5.41) is 3.29. The van der Waals surface area contributed by atoms with Gasteiger partial charge in [-0.3, -0.25) is 14.0 Å². The molecule has 4 rings (SSSR count). The van der Waals surface area contributed by atoms with Crippen molar-refractivity contribution >= 4 is 40.4 Å². The van der Waals surface area contributed by atoms with Crippen LogP contribution in [0, 0.1) is 0 Å². The van der Waals surface area contributed by atoms with Crippen LogP contribution in [-0.2, 0) is 4.79 Å². The number of nitrogens with one attached hydrogen (secondary N) is 1. The average Bonchev–Trinajstić information content (AvgIpc) is 3.16. The van der Waals surface area contributed by atoms with Crippen molar-refractivity contribution in [2.45, 2.75) is 6.92 Å². The maximum atomic E-state index is 13.0. The fourth-order valence-corrected chi connectivity index (χ4v) is 3.30. The van der Waals surface area contributed by atoms with E-state index in [-0.39, 0.29) is 17.5 Å². The van der Waals surface area contributed by atoms with Crippen LogP contribution in [0.1, 0.15) is 17.4 Å². The molecule has 150 valence electrons. The molecular weight excluding hydrogens is 402 g/mol. The number of amides is 2. The maximum Gasteiger partial charge on any atom is 0.278 e. The maximum absolute atomic E-state index is 13.0. The average molecular weight is 420 g/mol. The lowest BCUT2D eigenvalue weighted by Crippen LogP contribution is -2.27. The quantitative estimate of drug-likeness (QED) is 0.535. The van der Waals surface area contributed by atoms with Crippen molar-refractivity contribution in [3.8, 4) is 11.3 Å². The molecule has 0 spiro atoms. The van der Waals surface area contributed by atoms with Crippen LogP contribution in [0.4, 0.5) is 11.4 Å². The number of nitrogens with zero attached hydrogens (tertiary/aromatic N) is 4. The second kappa shape index (κ2) is 7.96. The Labute approximate surface area is 177 Å². The molecule has 0 unspecified atom stereocenters. The van der Waals surface area contributed by atoms with Crippen LogP contribution >= 0.6 is 11.6 Å². The Morgan fingerprint density at radius 3 is 2.53 bits per heavy atom. The van der Waals surface area contributed by atoms with Gasteiger partial charge in [-0.05, 0) is 30.3 Å². The zero-order chi connectivity index (χ0) is 21.3. The van der Waals surface area contributed by atoms with Crippen LogP contribution in [-0.4, -0.2) is 33.2 Å². The highest BCUT2D eigenvalue weighted by atomic mass is 35.5. The summed E-state index contributed by atoms with van der Waals surface area (Å²) in [6, 6.07) is 14.5. The minimum absolute atomic E-state index is 0.129. The fourth-order valence-electron chi connectivity index (χ4n) is 3.11. The molecule has 2 aromatic heterocycles. The number of hydrogen-bond acceptors (Lipinski definition) is 4. The summed E-state index contributed by atoms with van der Waals surface area (Å²) in [5.41, 5.74) is 3.98. The van der Waals surface area contributed by atoms with Gasteiger partial charge in [0.25, 0.3) is 5.91 Å². The standard InChI is InChI=1S/C22H18ClN5O2/c1-14(29)26-17-8-6-15(7-9-17)20-11-25-21-12-24-19(13-28(20)21)22(30)27(2)18-5-3-4-16(23)10-18/h3-13H,1-2H3,(H,26,29). The largest absolute Gasteiger partial charge is 0.326 e. The molecule has 0 saturated heterocycles. The number of fused-ring (bicyclic) bond motifs is 1. The van der Waals surface area contributed by atoms with Gasteiger partial charge >= 0.3 is 0 Å². The van der Waals surface area contributed by atoms with Crippen molar-refractivity contribution in [2.75, 3.05) is 17.3 Å². The molecule has 0 aliphatic heterocycles. The predicted molar refractivity (Wildman–Crippen MR) is 117 cm³/mol. The van der Waals surface area contributed by atoms with Crippen molar-refractivity contribution in [2.24, 2.45) is 0 Å². The van der Waals surface area contributed by atoms with E-state index in [1.165, 1.54) is 11.8 Å². The lowest BCUT2D eigenvalue weighted by Gasteiger charge is -2.17. The molecule has 1 N–H and O–H groups in total. The Bertz CT molecular complexity index is 1250. The van der Waals surface area contributed by atoms with Crippen LogP contribution in [0.2, 0.25) is 5.02 Å². The Hall–Kier alpha value is -3.71. The lowest BCUT2D eigenvalue weighted by atomic mass is 10.1. The topological polar surface area (TPSA) is 79.6 Å². The van der Waals surface area contributed by atoms with E-state index in [1.807, 2.05) is 34.7 Å². The number of halogens is 1. The van der Waals surface area contributed by atoms with E-state index < -0.39 is 0 Å². The number of imidazole rings is 1. The monoisotopic (exact) mass is 419 g/mol. The predicted octanol–water partition coefficient (Wildman–Crippen LogP) is 4.28. The number of anilines is 2. The number of hydrogen-bond donors (Lipinski definition) is 1. The van der Waals surface area contributed by atoms with Gasteiger partial charge in [-0.15, -0.1) is 0 Å². The van der Waals surface area contributed by atoms with Crippen LogP contribution in [0.3, 0.4) is 0 Å². The number of carbonyl (C=O) groups is 2. The molecule has 2 aromatic carbocycles. The van der Waals surface area contributed by atoms with Gasteiger partial charge in [-0.25, -0.2) is 9.97 Å². The molecule has 7 nitrogen and oxygen atoms in total. The minimum atomic E-state index is -0.264. The molecule has 0 saturated carbocycles. The van der Waals surface area contributed by atoms with Gasteiger partial charge in [0.2, 0.25) is 5.91 Å². The zero-order valence-electron chi connectivity index (χ0n) is 16.3. The highest BCUT2D eigenvalue weighted by Crippen LogP contribution is 2.24. The normalized spacial score (nSPS) is 10.8. The molecule has 0 radical (unpaired) electrons. The molecule has 2 amide bonds. The number of benzene rings is 2. The highest BCUT2D eigenvalue weighted by molar-refractivity contribution is 6.31. The third kappa shape index (κ3) is 3.88. The summed E-state index contributed by atoms with van der Waals surface area (Å²) in [6.45, 7) is 1.46. The Balaban J connectivity index is 1.67. The molecule has 0 bridgehead atoms. The van der Waals surface area contributed by atoms with Crippen LogP contribution in [0.15, 0.2) is 67.1 Å². The van der Waals surface area contributed by atoms with E-state index in [9.17, 15) is 9.59 Å². The van der Waals surface area contributed by atoms with Crippen molar-refractivity contribution in [3.63, 3.8) is 0 Å². The lowest BCUT2D eigenvalue weighted by molar-refractivity contribution is -0.114. The summed E-state index contributed by atoms with van der Waals surface area (Å²) in [6.07, 6.45) is 4.95. The van der Waals surface area contributed by atoms with Crippen molar-refractivity contribution < 1.29 is 9.59 Å². The summed E-state index contributed by atoms with van der Waals surface area (Å²) in [7, 11) is 1.68. The van der Waals surface area contributed by atoms with E-state index in [4.69, 9.17) is 11.6 Å². The summed E-state index contributed by atoms with van der Waals surface area (Å²) in [4.78, 5) is 34.3.